The molecule has 0 aromatic heterocycles. The Kier molecular flexibility index (Phi) is 7.48. The van der Waals surface area contributed by atoms with Crippen LogP contribution in [0.3, 0.4) is 0 Å². The zero-order valence-electron chi connectivity index (χ0n) is 14.6. The molecule has 0 aromatic carbocycles. The van der Waals surface area contributed by atoms with Crippen molar-refractivity contribution in [3.63, 3.8) is 0 Å². The molecular weight excluding hydrogens is 280 g/mol. The van der Waals surface area contributed by atoms with E-state index in [0.717, 1.165) is 25.7 Å². The Labute approximate surface area is 134 Å². The molecule has 2 atom stereocenters. The Morgan fingerprint density at radius 2 is 1.73 bits per heavy atom. The second-order valence-electron chi connectivity index (χ2n) is 6.88. The third kappa shape index (κ3) is 7.52. The molecule has 0 aliphatic heterocycles. The van der Waals surface area contributed by atoms with Crippen molar-refractivity contribution in [2.24, 2.45) is 5.92 Å². The molecule has 1 fully saturated rings. The molecule has 1 aliphatic carbocycles. The molecule has 1 rings (SSSR count). The maximum atomic E-state index is 11.9. The van der Waals surface area contributed by atoms with Crippen LogP contribution in [0.4, 0.5) is 9.59 Å². The number of rotatable bonds is 8. The molecule has 6 nitrogen and oxygen atoms in total. The molecule has 1 aliphatic rings. The first kappa shape index (κ1) is 18.6. The van der Waals surface area contributed by atoms with Crippen molar-refractivity contribution in [3.8, 4) is 0 Å². The van der Waals surface area contributed by atoms with E-state index in [-0.39, 0.29) is 24.1 Å². The minimum Gasteiger partial charge on any atom is -0.338 e. The summed E-state index contributed by atoms with van der Waals surface area (Å²) in [6.07, 6.45) is 4.12. The molecule has 22 heavy (non-hydrogen) atoms. The Balaban J connectivity index is 2.12. The van der Waals surface area contributed by atoms with Crippen molar-refractivity contribution in [2.75, 3.05) is 13.6 Å². The zero-order valence-corrected chi connectivity index (χ0v) is 14.6. The van der Waals surface area contributed by atoms with Gasteiger partial charge >= 0.3 is 12.1 Å². The summed E-state index contributed by atoms with van der Waals surface area (Å²) in [6.45, 7) is 8.69. The lowest BCUT2D eigenvalue weighted by atomic mass is 10.0. The number of amides is 4. The predicted octanol–water partition coefficient (Wildman–Crippen LogP) is 2.30. The summed E-state index contributed by atoms with van der Waals surface area (Å²) >= 11 is 0. The number of nitrogens with one attached hydrogen (secondary N) is 3. The first-order valence-electron chi connectivity index (χ1n) is 8.37. The van der Waals surface area contributed by atoms with Crippen LogP contribution in [-0.4, -0.2) is 48.7 Å². The van der Waals surface area contributed by atoms with Gasteiger partial charge in [0.1, 0.15) is 0 Å². The number of hydrogen-bond acceptors (Lipinski definition) is 2. The van der Waals surface area contributed by atoms with E-state index >= 15 is 0 Å². The molecule has 0 radical (unpaired) electrons. The molecule has 3 N–H and O–H groups in total. The summed E-state index contributed by atoms with van der Waals surface area (Å²) in [5, 5.41) is 8.73. The predicted molar refractivity (Wildman–Crippen MR) is 88.8 cm³/mol. The summed E-state index contributed by atoms with van der Waals surface area (Å²) in [5.41, 5.74) is 0. The average molecular weight is 312 g/mol. The van der Waals surface area contributed by atoms with Crippen LogP contribution in [0.5, 0.6) is 0 Å². The maximum absolute atomic E-state index is 11.9. The number of hydrogen-bond donors (Lipinski definition) is 3. The van der Waals surface area contributed by atoms with Crippen molar-refractivity contribution in [2.45, 2.75) is 71.5 Å². The second kappa shape index (κ2) is 8.86. The van der Waals surface area contributed by atoms with Crippen molar-refractivity contribution in [1.82, 2.24) is 20.9 Å². The van der Waals surface area contributed by atoms with Crippen LogP contribution in [0.1, 0.15) is 53.4 Å². The fourth-order valence-electron chi connectivity index (χ4n) is 2.25. The summed E-state index contributed by atoms with van der Waals surface area (Å²) < 4.78 is 0. The lowest BCUT2D eigenvalue weighted by Gasteiger charge is -2.21. The largest absolute Gasteiger partial charge is 0.338 e. The summed E-state index contributed by atoms with van der Waals surface area (Å²) in [4.78, 5) is 25.2. The fraction of sp³-hybridized carbons (Fsp3) is 0.875. The van der Waals surface area contributed by atoms with E-state index in [1.165, 1.54) is 0 Å². The van der Waals surface area contributed by atoms with E-state index < -0.39 is 0 Å². The van der Waals surface area contributed by atoms with Crippen LogP contribution in [-0.2, 0) is 0 Å². The van der Waals surface area contributed by atoms with E-state index in [1.54, 1.807) is 4.90 Å². The smallest absolute Gasteiger partial charge is 0.317 e. The lowest BCUT2D eigenvalue weighted by Crippen LogP contribution is -2.44. The Bertz CT molecular complexity index is 369. The standard InChI is InChI=1S/C16H32N4O2/c1-11(2)18-15(21)19-13(4)7-6-12(3)10-17-16(22)20(5)14-8-9-14/h11-14H,6-10H2,1-5H3,(H,17,22)(H2,18,19,21). The highest BCUT2D eigenvalue weighted by Crippen LogP contribution is 2.25. The highest BCUT2D eigenvalue weighted by molar-refractivity contribution is 5.74. The van der Waals surface area contributed by atoms with Crippen LogP contribution < -0.4 is 16.0 Å². The van der Waals surface area contributed by atoms with E-state index in [0.29, 0.717) is 18.5 Å². The number of carbonyl (C=O) groups is 2. The second-order valence-corrected chi connectivity index (χ2v) is 6.88. The number of urea groups is 2. The van der Waals surface area contributed by atoms with Gasteiger partial charge in [-0.2, -0.15) is 0 Å². The van der Waals surface area contributed by atoms with Gasteiger partial charge in [-0.25, -0.2) is 9.59 Å². The van der Waals surface area contributed by atoms with Crippen molar-refractivity contribution < 1.29 is 9.59 Å². The molecule has 0 spiro atoms. The summed E-state index contributed by atoms with van der Waals surface area (Å²) in [7, 11) is 1.86. The highest BCUT2D eigenvalue weighted by Gasteiger charge is 2.29. The zero-order chi connectivity index (χ0) is 16.7. The Hall–Kier alpha value is -1.46. The number of carbonyl (C=O) groups excluding carboxylic acids is 2. The molecule has 0 saturated heterocycles. The van der Waals surface area contributed by atoms with Gasteiger partial charge in [-0.3, -0.25) is 0 Å². The lowest BCUT2D eigenvalue weighted by molar-refractivity contribution is 0.204. The van der Waals surface area contributed by atoms with Gasteiger partial charge in [0.25, 0.3) is 0 Å². The van der Waals surface area contributed by atoms with Crippen LogP contribution in [0, 0.1) is 5.92 Å². The third-order valence-electron chi connectivity index (χ3n) is 3.91. The van der Waals surface area contributed by atoms with E-state index in [2.05, 4.69) is 22.9 Å². The molecule has 128 valence electrons. The van der Waals surface area contributed by atoms with Crippen LogP contribution in [0.15, 0.2) is 0 Å². The molecule has 0 heterocycles. The molecule has 0 aromatic rings. The highest BCUT2D eigenvalue weighted by atomic mass is 16.2. The SMILES string of the molecule is CC(CCC(C)NC(=O)NC(C)C)CNC(=O)N(C)C1CC1. The first-order chi connectivity index (χ1) is 10.3. The number of nitrogens with zero attached hydrogens (tertiary/aromatic N) is 1. The molecule has 1 saturated carbocycles. The molecule has 0 bridgehead atoms. The monoisotopic (exact) mass is 312 g/mol. The van der Waals surface area contributed by atoms with Crippen LogP contribution >= 0.6 is 0 Å². The van der Waals surface area contributed by atoms with E-state index in [1.807, 2.05) is 27.8 Å². The van der Waals surface area contributed by atoms with Gasteiger partial charge in [-0.15, -0.1) is 0 Å². The van der Waals surface area contributed by atoms with Gasteiger partial charge in [0.2, 0.25) is 0 Å². The first-order valence-corrected chi connectivity index (χ1v) is 8.37. The maximum Gasteiger partial charge on any atom is 0.317 e. The fourth-order valence-corrected chi connectivity index (χ4v) is 2.25. The molecule has 2 unspecified atom stereocenters. The van der Waals surface area contributed by atoms with Gasteiger partial charge in [-0.1, -0.05) is 6.92 Å². The minimum atomic E-state index is -0.116. The topological polar surface area (TPSA) is 73.5 Å². The normalized spacial score (nSPS) is 16.8. The van der Waals surface area contributed by atoms with Gasteiger partial charge in [0, 0.05) is 31.7 Å². The molecular formula is C16H32N4O2. The molecule has 6 heteroatoms. The average Bonchev–Trinajstić information content (AvgIpc) is 3.25. The van der Waals surface area contributed by atoms with Crippen molar-refractivity contribution in [3.05, 3.63) is 0 Å². The third-order valence-corrected chi connectivity index (χ3v) is 3.91. The Morgan fingerprint density at radius 3 is 2.27 bits per heavy atom. The van der Waals surface area contributed by atoms with Gasteiger partial charge in [-0.05, 0) is 52.4 Å². The van der Waals surface area contributed by atoms with Crippen LogP contribution in [0.25, 0.3) is 0 Å². The van der Waals surface area contributed by atoms with E-state index in [9.17, 15) is 9.59 Å². The van der Waals surface area contributed by atoms with Gasteiger partial charge in [0.05, 0.1) is 0 Å². The minimum absolute atomic E-state index is 0.0248. The van der Waals surface area contributed by atoms with E-state index in [4.69, 9.17) is 0 Å². The summed E-state index contributed by atoms with van der Waals surface area (Å²) in [6, 6.07) is 0.626. The molecule has 4 amide bonds. The van der Waals surface area contributed by atoms with Crippen molar-refractivity contribution >= 4 is 12.1 Å². The Morgan fingerprint density at radius 1 is 1.09 bits per heavy atom. The van der Waals surface area contributed by atoms with Crippen LogP contribution in [0.2, 0.25) is 0 Å². The van der Waals surface area contributed by atoms with Crippen molar-refractivity contribution in [1.29, 1.82) is 0 Å². The van der Waals surface area contributed by atoms with Gasteiger partial charge < -0.3 is 20.9 Å². The quantitative estimate of drug-likeness (QED) is 0.643. The van der Waals surface area contributed by atoms with Gasteiger partial charge in [0.15, 0.2) is 0 Å². The summed E-state index contributed by atoms with van der Waals surface area (Å²) in [5.74, 6) is 0.397.